The average Bonchev–Trinajstić information content (AvgIpc) is 2.46. The molecule has 2 aromatic rings. The van der Waals surface area contributed by atoms with Gasteiger partial charge in [-0.1, -0.05) is 12.1 Å². The zero-order valence-electron chi connectivity index (χ0n) is 10.5. The van der Waals surface area contributed by atoms with Gasteiger partial charge < -0.3 is 14.6 Å². The van der Waals surface area contributed by atoms with Gasteiger partial charge in [0.05, 0.1) is 25.5 Å². The van der Waals surface area contributed by atoms with Crippen LogP contribution in [0.5, 0.6) is 11.9 Å². The van der Waals surface area contributed by atoms with Crippen LogP contribution >= 0.6 is 0 Å². The van der Waals surface area contributed by atoms with Gasteiger partial charge >= 0.3 is 12.0 Å². The molecule has 0 amide bonds. The van der Waals surface area contributed by atoms with Gasteiger partial charge in [0.2, 0.25) is 5.88 Å². The highest BCUT2D eigenvalue weighted by Crippen LogP contribution is 2.23. The molecule has 1 aromatic carbocycles. The van der Waals surface area contributed by atoms with Gasteiger partial charge in [-0.2, -0.15) is 9.97 Å². The molecular weight excluding hydrogens is 248 g/mol. The van der Waals surface area contributed by atoms with Crippen molar-refractivity contribution in [2.24, 2.45) is 0 Å². The lowest BCUT2D eigenvalue weighted by Gasteiger charge is -2.06. The third kappa shape index (κ3) is 2.79. The fraction of sp³-hybridized carbons (Fsp3) is 0.154. The van der Waals surface area contributed by atoms with E-state index in [4.69, 9.17) is 14.6 Å². The van der Waals surface area contributed by atoms with E-state index in [9.17, 15) is 4.79 Å². The van der Waals surface area contributed by atoms with E-state index < -0.39 is 5.97 Å². The Hall–Kier alpha value is -2.63. The Labute approximate surface area is 109 Å². The van der Waals surface area contributed by atoms with Crippen molar-refractivity contribution in [2.45, 2.75) is 0 Å². The largest absolute Gasteiger partial charge is 0.481 e. The first-order valence-corrected chi connectivity index (χ1v) is 5.45. The van der Waals surface area contributed by atoms with Crippen molar-refractivity contribution in [1.29, 1.82) is 0 Å². The van der Waals surface area contributed by atoms with Crippen molar-refractivity contribution < 1.29 is 19.4 Å². The molecule has 0 aliphatic carbocycles. The number of methoxy groups -OCH3 is 2. The molecule has 0 spiro atoms. The summed E-state index contributed by atoms with van der Waals surface area (Å²) in [5, 5.41) is 8.84. The van der Waals surface area contributed by atoms with Gasteiger partial charge in [0.1, 0.15) is 0 Å². The molecule has 0 fully saturated rings. The van der Waals surface area contributed by atoms with Crippen LogP contribution in [0, 0.1) is 0 Å². The van der Waals surface area contributed by atoms with Crippen LogP contribution < -0.4 is 9.47 Å². The van der Waals surface area contributed by atoms with E-state index in [0.29, 0.717) is 11.6 Å². The maximum atomic E-state index is 10.8. The molecule has 1 N–H and O–H groups in total. The molecule has 2 rings (SSSR count). The molecular formula is C13H12N2O4. The zero-order valence-corrected chi connectivity index (χ0v) is 10.5. The van der Waals surface area contributed by atoms with Crippen LogP contribution in [0.1, 0.15) is 10.4 Å². The highest BCUT2D eigenvalue weighted by molar-refractivity contribution is 5.88. The number of carboxylic acids is 1. The van der Waals surface area contributed by atoms with Crippen molar-refractivity contribution in [3.8, 4) is 23.1 Å². The summed E-state index contributed by atoms with van der Waals surface area (Å²) in [6, 6.07) is 8.21. The molecule has 0 saturated carbocycles. The van der Waals surface area contributed by atoms with Gasteiger partial charge in [0.15, 0.2) is 0 Å². The van der Waals surface area contributed by atoms with E-state index in [1.807, 2.05) is 0 Å². The molecule has 98 valence electrons. The second kappa shape index (κ2) is 5.34. The van der Waals surface area contributed by atoms with Crippen molar-refractivity contribution in [3.63, 3.8) is 0 Å². The summed E-state index contributed by atoms with van der Waals surface area (Å²) in [4.78, 5) is 19.0. The first-order chi connectivity index (χ1) is 9.13. The molecule has 0 bridgehead atoms. The van der Waals surface area contributed by atoms with Crippen LogP contribution in [0.15, 0.2) is 30.3 Å². The number of ether oxygens (including phenoxy) is 2. The lowest BCUT2D eigenvalue weighted by Crippen LogP contribution is -1.98. The quantitative estimate of drug-likeness (QED) is 0.903. The number of carboxylic acid groups (broad SMARTS) is 1. The van der Waals surface area contributed by atoms with Crippen LogP contribution in [0.25, 0.3) is 11.3 Å². The molecule has 19 heavy (non-hydrogen) atoms. The number of aromatic carboxylic acids is 1. The van der Waals surface area contributed by atoms with Crippen LogP contribution in [0.3, 0.4) is 0 Å². The maximum absolute atomic E-state index is 10.8. The van der Waals surface area contributed by atoms with Crippen molar-refractivity contribution >= 4 is 5.97 Å². The minimum Gasteiger partial charge on any atom is -0.481 e. The minimum absolute atomic E-state index is 0.191. The summed E-state index contributed by atoms with van der Waals surface area (Å²) in [6.07, 6.45) is 0. The van der Waals surface area contributed by atoms with Crippen molar-refractivity contribution in [2.75, 3.05) is 14.2 Å². The van der Waals surface area contributed by atoms with Crippen molar-refractivity contribution in [3.05, 3.63) is 35.9 Å². The molecule has 0 saturated heterocycles. The number of rotatable bonds is 4. The monoisotopic (exact) mass is 260 g/mol. The van der Waals surface area contributed by atoms with Gasteiger partial charge in [0, 0.05) is 11.6 Å². The summed E-state index contributed by atoms with van der Waals surface area (Å²) >= 11 is 0. The van der Waals surface area contributed by atoms with Crippen LogP contribution in [0.4, 0.5) is 0 Å². The standard InChI is InChI=1S/C13H12N2O4/c1-18-11-7-10(14-13(15-11)19-2)8-3-5-9(6-4-8)12(16)17/h3-7H,1-2H3,(H,16,17). The summed E-state index contributed by atoms with van der Waals surface area (Å²) < 4.78 is 10.0. The minimum atomic E-state index is -0.968. The van der Waals surface area contributed by atoms with E-state index in [0.717, 1.165) is 5.56 Å². The number of hydrogen-bond donors (Lipinski definition) is 1. The van der Waals surface area contributed by atoms with Gasteiger partial charge in [0.25, 0.3) is 0 Å². The molecule has 1 aromatic heterocycles. The number of carbonyl (C=O) groups is 1. The fourth-order valence-corrected chi connectivity index (χ4v) is 1.53. The number of benzene rings is 1. The maximum Gasteiger partial charge on any atom is 0.335 e. The molecule has 0 unspecified atom stereocenters. The summed E-state index contributed by atoms with van der Waals surface area (Å²) in [5.41, 5.74) is 1.57. The highest BCUT2D eigenvalue weighted by atomic mass is 16.5. The topological polar surface area (TPSA) is 81.5 Å². The smallest absolute Gasteiger partial charge is 0.335 e. The first-order valence-electron chi connectivity index (χ1n) is 5.45. The molecule has 6 heteroatoms. The SMILES string of the molecule is COc1cc(-c2ccc(C(=O)O)cc2)nc(OC)n1. The third-order valence-electron chi connectivity index (χ3n) is 2.50. The average molecular weight is 260 g/mol. The molecule has 0 aliphatic rings. The normalized spacial score (nSPS) is 10.0. The van der Waals surface area contributed by atoms with Crippen LogP contribution in [-0.4, -0.2) is 35.3 Å². The Morgan fingerprint density at radius 3 is 2.32 bits per heavy atom. The van der Waals surface area contributed by atoms with Gasteiger partial charge in [-0.25, -0.2) is 4.79 Å². The molecule has 0 atom stereocenters. The van der Waals surface area contributed by atoms with E-state index in [2.05, 4.69) is 9.97 Å². The number of nitrogens with zero attached hydrogens (tertiary/aromatic N) is 2. The molecule has 6 nitrogen and oxygen atoms in total. The summed E-state index contributed by atoms with van der Waals surface area (Å²) in [5.74, 6) is -0.589. The fourth-order valence-electron chi connectivity index (χ4n) is 1.53. The number of aromatic nitrogens is 2. The van der Waals surface area contributed by atoms with Crippen LogP contribution in [-0.2, 0) is 0 Å². The van der Waals surface area contributed by atoms with Crippen LogP contribution in [0.2, 0.25) is 0 Å². The van der Waals surface area contributed by atoms with E-state index in [1.165, 1.54) is 26.4 Å². The Morgan fingerprint density at radius 2 is 1.79 bits per heavy atom. The molecule has 0 aliphatic heterocycles. The van der Waals surface area contributed by atoms with Gasteiger partial charge in [-0.3, -0.25) is 0 Å². The lowest BCUT2D eigenvalue weighted by atomic mass is 10.1. The molecule has 1 heterocycles. The second-order valence-corrected chi connectivity index (χ2v) is 3.66. The van der Waals surface area contributed by atoms with Gasteiger partial charge in [-0.15, -0.1) is 0 Å². The van der Waals surface area contributed by atoms with E-state index in [-0.39, 0.29) is 11.6 Å². The third-order valence-corrected chi connectivity index (χ3v) is 2.50. The summed E-state index contributed by atoms with van der Waals surface area (Å²) in [6.45, 7) is 0. The Kier molecular flexibility index (Phi) is 3.61. The number of hydrogen-bond acceptors (Lipinski definition) is 5. The lowest BCUT2D eigenvalue weighted by molar-refractivity contribution is 0.0697. The second-order valence-electron chi connectivity index (χ2n) is 3.66. The van der Waals surface area contributed by atoms with Crippen molar-refractivity contribution in [1.82, 2.24) is 9.97 Å². The van der Waals surface area contributed by atoms with Gasteiger partial charge in [-0.05, 0) is 12.1 Å². The highest BCUT2D eigenvalue weighted by Gasteiger charge is 2.08. The van der Waals surface area contributed by atoms with E-state index >= 15 is 0 Å². The Bertz CT molecular complexity index is 574. The first kappa shape index (κ1) is 12.8. The predicted octanol–water partition coefficient (Wildman–Crippen LogP) is 1.86. The van der Waals surface area contributed by atoms with E-state index in [1.54, 1.807) is 18.2 Å². The Balaban J connectivity index is 2.42. The predicted molar refractivity (Wildman–Crippen MR) is 67.5 cm³/mol. The Morgan fingerprint density at radius 1 is 1.11 bits per heavy atom. The molecule has 0 radical (unpaired) electrons. The summed E-state index contributed by atoms with van der Waals surface area (Å²) in [7, 11) is 2.96. The zero-order chi connectivity index (χ0) is 13.8.